The zero-order chi connectivity index (χ0) is 25.9. The first kappa shape index (κ1) is 24.6. The Balaban J connectivity index is 1.42. The van der Waals surface area contributed by atoms with Gasteiger partial charge < -0.3 is 24.8 Å². The third-order valence-corrected chi connectivity index (χ3v) is 7.20. The Kier molecular flexibility index (Phi) is 6.96. The Morgan fingerprint density at radius 2 is 1.73 bits per heavy atom. The lowest BCUT2D eigenvalue weighted by Crippen LogP contribution is -2.25. The second kappa shape index (κ2) is 10.5. The van der Waals surface area contributed by atoms with Gasteiger partial charge >= 0.3 is 0 Å². The van der Waals surface area contributed by atoms with Gasteiger partial charge in [-0.25, -0.2) is 9.97 Å². The SMILES string of the molecule is COc1cc(Nc2ncnc3c(C=Cc4cc(C(=O)NC5CC5)ccc4C)csc23)cc(OC)c1OC. The summed E-state index contributed by atoms with van der Waals surface area (Å²) < 4.78 is 17.3. The number of rotatable bonds is 9. The van der Waals surface area contributed by atoms with E-state index in [0.717, 1.165) is 45.4 Å². The highest BCUT2D eigenvalue weighted by atomic mass is 32.1. The predicted octanol–water partition coefficient (Wildman–Crippen LogP) is 5.83. The van der Waals surface area contributed by atoms with Crippen LogP contribution in [0.5, 0.6) is 17.2 Å². The molecular formula is C28H28N4O4S. The molecule has 0 unspecified atom stereocenters. The number of nitrogens with zero attached hydrogens (tertiary/aromatic N) is 2. The summed E-state index contributed by atoms with van der Waals surface area (Å²) in [7, 11) is 4.74. The minimum atomic E-state index is -0.0200. The number of nitrogens with one attached hydrogen (secondary N) is 2. The van der Waals surface area contributed by atoms with Crippen LogP contribution in [0.3, 0.4) is 0 Å². The molecule has 2 N–H and O–H groups in total. The minimum absolute atomic E-state index is 0.0200. The van der Waals surface area contributed by atoms with Crippen LogP contribution in [0.15, 0.2) is 42.0 Å². The first-order valence-electron chi connectivity index (χ1n) is 11.9. The molecule has 4 aromatic rings. The maximum atomic E-state index is 12.5. The van der Waals surface area contributed by atoms with Gasteiger partial charge in [-0.05, 0) is 43.0 Å². The zero-order valence-corrected chi connectivity index (χ0v) is 21.9. The molecule has 8 nitrogen and oxygen atoms in total. The van der Waals surface area contributed by atoms with Gasteiger partial charge in [-0.3, -0.25) is 4.79 Å². The van der Waals surface area contributed by atoms with Crippen LogP contribution in [0.4, 0.5) is 11.5 Å². The number of ether oxygens (including phenoxy) is 3. The van der Waals surface area contributed by atoms with Gasteiger partial charge in [0.1, 0.15) is 6.33 Å². The van der Waals surface area contributed by atoms with E-state index in [2.05, 4.69) is 26.0 Å². The molecular weight excluding hydrogens is 488 g/mol. The molecule has 2 aromatic heterocycles. The lowest BCUT2D eigenvalue weighted by molar-refractivity contribution is 0.0951. The first-order chi connectivity index (χ1) is 18.0. The number of carbonyl (C=O) groups excluding carboxylic acids is 1. The molecule has 1 aliphatic rings. The number of benzene rings is 2. The predicted molar refractivity (Wildman–Crippen MR) is 147 cm³/mol. The van der Waals surface area contributed by atoms with E-state index >= 15 is 0 Å². The number of methoxy groups -OCH3 is 3. The molecule has 2 aromatic carbocycles. The summed E-state index contributed by atoms with van der Waals surface area (Å²) in [6, 6.07) is 9.78. The van der Waals surface area contributed by atoms with Crippen molar-refractivity contribution in [1.29, 1.82) is 0 Å². The number of aromatic nitrogens is 2. The van der Waals surface area contributed by atoms with Gasteiger partial charge in [0.15, 0.2) is 17.3 Å². The van der Waals surface area contributed by atoms with Gasteiger partial charge in [-0.15, -0.1) is 11.3 Å². The standard InChI is InChI=1S/C28H28N4O4S/c1-16-5-6-18(28(33)32-20-9-10-20)11-17(16)7-8-19-14-37-26-24(19)29-15-30-27(26)31-21-12-22(34-2)25(36-4)23(13-21)35-3/h5-8,11-15,20H,9-10H2,1-4H3,(H,32,33)(H,29,30,31). The molecule has 9 heteroatoms. The van der Waals surface area contributed by atoms with Gasteiger partial charge in [0.25, 0.3) is 5.91 Å². The van der Waals surface area contributed by atoms with Crippen molar-refractivity contribution in [2.45, 2.75) is 25.8 Å². The molecule has 0 spiro atoms. The molecule has 0 aliphatic heterocycles. The Bertz CT molecular complexity index is 1470. The minimum Gasteiger partial charge on any atom is -0.493 e. The zero-order valence-electron chi connectivity index (χ0n) is 21.1. The number of thiophene rings is 1. The molecule has 0 bridgehead atoms. The van der Waals surface area contributed by atoms with Crippen LogP contribution >= 0.6 is 11.3 Å². The number of hydrogen-bond acceptors (Lipinski definition) is 8. The highest BCUT2D eigenvalue weighted by molar-refractivity contribution is 7.18. The summed E-state index contributed by atoms with van der Waals surface area (Å²) >= 11 is 1.56. The molecule has 1 saturated carbocycles. The van der Waals surface area contributed by atoms with Gasteiger partial charge in [-0.2, -0.15) is 0 Å². The first-order valence-corrected chi connectivity index (χ1v) is 12.8. The third kappa shape index (κ3) is 5.22. The van der Waals surface area contributed by atoms with E-state index in [0.29, 0.717) is 34.7 Å². The van der Waals surface area contributed by atoms with Crippen molar-refractivity contribution in [2.75, 3.05) is 26.6 Å². The van der Waals surface area contributed by atoms with Crippen LogP contribution < -0.4 is 24.8 Å². The molecule has 5 rings (SSSR count). The van der Waals surface area contributed by atoms with Crippen molar-refractivity contribution in [3.63, 3.8) is 0 Å². The van der Waals surface area contributed by atoms with Gasteiger partial charge in [-0.1, -0.05) is 18.2 Å². The van der Waals surface area contributed by atoms with E-state index in [9.17, 15) is 4.79 Å². The fraction of sp³-hybridized carbons (Fsp3) is 0.250. The maximum absolute atomic E-state index is 12.5. The molecule has 1 fully saturated rings. The fourth-order valence-electron chi connectivity index (χ4n) is 4.00. The second-order valence-electron chi connectivity index (χ2n) is 8.78. The number of anilines is 2. The van der Waals surface area contributed by atoms with Crippen LogP contribution in [-0.2, 0) is 0 Å². The Morgan fingerprint density at radius 1 is 1.00 bits per heavy atom. The van der Waals surface area contributed by atoms with Crippen LogP contribution in [0.2, 0.25) is 0 Å². The van der Waals surface area contributed by atoms with Crippen molar-refractivity contribution in [3.05, 3.63) is 64.3 Å². The largest absolute Gasteiger partial charge is 0.493 e. The van der Waals surface area contributed by atoms with Crippen molar-refractivity contribution >= 4 is 51.1 Å². The highest BCUT2D eigenvalue weighted by Gasteiger charge is 2.24. The summed E-state index contributed by atoms with van der Waals surface area (Å²) in [6.07, 6.45) is 7.72. The summed E-state index contributed by atoms with van der Waals surface area (Å²) in [5.41, 5.74) is 5.32. The molecule has 1 amide bonds. The highest BCUT2D eigenvalue weighted by Crippen LogP contribution is 2.41. The van der Waals surface area contributed by atoms with E-state index in [1.54, 1.807) is 39.0 Å². The van der Waals surface area contributed by atoms with E-state index in [1.807, 2.05) is 49.4 Å². The van der Waals surface area contributed by atoms with Crippen molar-refractivity contribution in [1.82, 2.24) is 15.3 Å². The Morgan fingerprint density at radius 3 is 2.41 bits per heavy atom. The molecule has 0 saturated heterocycles. The van der Waals surface area contributed by atoms with Crippen molar-refractivity contribution in [3.8, 4) is 17.2 Å². The van der Waals surface area contributed by atoms with Crippen LogP contribution in [-0.4, -0.2) is 43.2 Å². The second-order valence-corrected chi connectivity index (χ2v) is 9.66. The fourth-order valence-corrected chi connectivity index (χ4v) is 4.94. The van der Waals surface area contributed by atoms with E-state index in [4.69, 9.17) is 14.2 Å². The number of aryl methyl sites for hydroxylation is 1. The quantitative estimate of drug-likeness (QED) is 0.289. The average molecular weight is 517 g/mol. The summed E-state index contributed by atoms with van der Waals surface area (Å²) in [6.45, 7) is 2.04. The number of fused-ring (bicyclic) bond motifs is 1. The molecule has 1 aliphatic carbocycles. The number of carbonyl (C=O) groups is 1. The van der Waals surface area contributed by atoms with Crippen LogP contribution in [0.1, 0.15) is 39.9 Å². The summed E-state index contributed by atoms with van der Waals surface area (Å²) in [5, 5.41) is 8.46. The monoisotopic (exact) mass is 516 g/mol. The lowest BCUT2D eigenvalue weighted by Gasteiger charge is -2.15. The maximum Gasteiger partial charge on any atom is 0.251 e. The van der Waals surface area contributed by atoms with Gasteiger partial charge in [0.2, 0.25) is 5.75 Å². The van der Waals surface area contributed by atoms with E-state index in [-0.39, 0.29) is 5.91 Å². The number of amides is 1. The Hall–Kier alpha value is -4.11. The molecule has 0 atom stereocenters. The molecule has 2 heterocycles. The van der Waals surface area contributed by atoms with Crippen molar-refractivity contribution in [2.24, 2.45) is 0 Å². The smallest absolute Gasteiger partial charge is 0.251 e. The normalized spacial score (nSPS) is 13.1. The molecule has 190 valence electrons. The van der Waals surface area contributed by atoms with Crippen LogP contribution in [0, 0.1) is 6.92 Å². The third-order valence-electron chi connectivity index (χ3n) is 6.20. The van der Waals surface area contributed by atoms with E-state index < -0.39 is 0 Å². The van der Waals surface area contributed by atoms with Gasteiger partial charge in [0.05, 0.1) is 31.5 Å². The Labute approximate surface area is 219 Å². The van der Waals surface area contributed by atoms with E-state index in [1.165, 1.54) is 0 Å². The molecule has 37 heavy (non-hydrogen) atoms. The number of hydrogen-bond donors (Lipinski definition) is 2. The van der Waals surface area contributed by atoms with Gasteiger partial charge in [0, 0.05) is 40.4 Å². The average Bonchev–Trinajstić information content (AvgIpc) is 3.63. The molecule has 0 radical (unpaired) electrons. The topological polar surface area (TPSA) is 94.6 Å². The lowest BCUT2D eigenvalue weighted by atomic mass is 10.0. The van der Waals surface area contributed by atoms with Crippen molar-refractivity contribution < 1.29 is 19.0 Å². The summed E-state index contributed by atoms with van der Waals surface area (Å²) in [5.74, 6) is 2.28. The van der Waals surface area contributed by atoms with Crippen LogP contribution in [0.25, 0.3) is 22.4 Å². The summed E-state index contributed by atoms with van der Waals surface area (Å²) in [4.78, 5) is 21.5.